The van der Waals surface area contributed by atoms with Gasteiger partial charge in [0.05, 0.1) is 57.5 Å². The Hall–Kier alpha value is -3.13. The maximum absolute atomic E-state index is 12.7. The molecule has 40 heavy (non-hydrogen) atoms. The van der Waals surface area contributed by atoms with Crippen LogP contribution in [-0.4, -0.2) is 99.4 Å². The molecular weight excluding hydrogens is 582 g/mol. The van der Waals surface area contributed by atoms with Gasteiger partial charge in [-0.05, 0) is 38.4 Å². The third-order valence-corrected chi connectivity index (χ3v) is 5.78. The van der Waals surface area contributed by atoms with E-state index in [9.17, 15) is 4.79 Å². The van der Waals surface area contributed by atoms with Crippen LogP contribution >= 0.6 is 15.9 Å². The summed E-state index contributed by atoms with van der Waals surface area (Å²) in [4.78, 5) is 23.5. The lowest BCUT2D eigenvalue weighted by molar-refractivity contribution is -0.111. The lowest BCUT2D eigenvalue weighted by Crippen LogP contribution is -2.15. The Morgan fingerprint density at radius 1 is 1.00 bits per heavy atom. The number of hydrogen-bond donors (Lipinski definition) is 3. The number of likely N-dealkylation sites (N-methyl/N-ethyl adjacent to an activating group) is 1. The first-order chi connectivity index (χ1) is 19.5. The minimum absolute atomic E-state index is 0.00425. The Bertz CT molecular complexity index is 1240. The Balaban J connectivity index is 1.67. The summed E-state index contributed by atoms with van der Waals surface area (Å²) in [5.41, 5.74) is 2.00. The maximum atomic E-state index is 12.7. The van der Waals surface area contributed by atoms with E-state index in [4.69, 9.17) is 24.1 Å². The van der Waals surface area contributed by atoms with Gasteiger partial charge in [0, 0.05) is 34.2 Å². The molecule has 0 spiro atoms. The highest BCUT2D eigenvalue weighted by molar-refractivity contribution is 9.10. The van der Waals surface area contributed by atoms with Crippen LogP contribution < -0.4 is 15.4 Å². The van der Waals surface area contributed by atoms with E-state index in [0.717, 1.165) is 15.5 Å². The average Bonchev–Trinajstić information content (AvgIpc) is 2.92. The molecule has 1 heterocycles. The predicted octanol–water partition coefficient (Wildman–Crippen LogP) is 3.61. The number of nitrogens with one attached hydrogen (secondary N) is 2. The van der Waals surface area contributed by atoms with E-state index in [0.29, 0.717) is 69.0 Å². The number of amides is 1. The van der Waals surface area contributed by atoms with Crippen LogP contribution in [0.4, 0.5) is 17.2 Å². The Morgan fingerprint density at radius 3 is 2.42 bits per heavy atom. The van der Waals surface area contributed by atoms with Gasteiger partial charge in [0.2, 0.25) is 5.91 Å². The molecule has 0 atom stereocenters. The Labute approximate surface area is 242 Å². The molecule has 11 nitrogen and oxygen atoms in total. The molecule has 0 aliphatic rings. The normalized spacial score (nSPS) is 11.4. The predicted molar refractivity (Wildman–Crippen MR) is 158 cm³/mol. The molecule has 0 bridgehead atoms. The van der Waals surface area contributed by atoms with Crippen LogP contribution in [0.15, 0.2) is 59.4 Å². The molecule has 0 unspecified atom stereocenters. The number of benzene rings is 2. The van der Waals surface area contributed by atoms with Crippen molar-refractivity contribution in [3.8, 4) is 5.75 Å². The van der Waals surface area contributed by atoms with Crippen molar-refractivity contribution in [2.45, 2.75) is 0 Å². The van der Waals surface area contributed by atoms with E-state index < -0.39 is 0 Å². The van der Waals surface area contributed by atoms with Gasteiger partial charge < -0.3 is 39.6 Å². The number of carbonyl (C=O) groups excluding carboxylic acids is 1. The number of aliphatic hydroxyl groups excluding tert-OH is 1. The van der Waals surface area contributed by atoms with Crippen LogP contribution in [0.2, 0.25) is 0 Å². The van der Waals surface area contributed by atoms with Gasteiger partial charge in [0.1, 0.15) is 24.5 Å². The maximum Gasteiger partial charge on any atom is 0.248 e. The second-order valence-electron chi connectivity index (χ2n) is 8.79. The molecule has 0 saturated heterocycles. The minimum Gasteiger partial charge on any atom is -0.489 e. The summed E-state index contributed by atoms with van der Waals surface area (Å²) in [6.07, 6.45) is 4.76. The quantitative estimate of drug-likeness (QED) is 0.144. The highest BCUT2D eigenvalue weighted by Crippen LogP contribution is 2.33. The molecule has 216 valence electrons. The number of nitrogens with zero attached hydrogens (tertiary/aromatic N) is 3. The summed E-state index contributed by atoms with van der Waals surface area (Å²) in [5.74, 6) is 0.786. The molecule has 3 N–H and O–H groups in total. The van der Waals surface area contributed by atoms with Gasteiger partial charge >= 0.3 is 0 Å². The van der Waals surface area contributed by atoms with E-state index in [1.54, 1.807) is 18.2 Å². The Morgan fingerprint density at radius 2 is 1.73 bits per heavy atom. The summed E-state index contributed by atoms with van der Waals surface area (Å²) >= 11 is 3.49. The molecule has 0 aliphatic carbocycles. The molecule has 3 aromatic rings. The fraction of sp³-hybridized carbons (Fsp3) is 0.393. The Kier molecular flexibility index (Phi) is 13.8. The molecule has 1 amide bonds. The first-order valence-electron chi connectivity index (χ1n) is 12.9. The van der Waals surface area contributed by atoms with E-state index in [-0.39, 0.29) is 19.1 Å². The zero-order valence-corrected chi connectivity index (χ0v) is 24.4. The molecule has 3 rings (SSSR count). The van der Waals surface area contributed by atoms with Crippen LogP contribution in [-0.2, 0) is 19.0 Å². The minimum atomic E-state index is -0.277. The number of rotatable bonds is 18. The highest BCUT2D eigenvalue weighted by Gasteiger charge is 2.13. The summed E-state index contributed by atoms with van der Waals surface area (Å²) < 4.78 is 23.1. The first kappa shape index (κ1) is 31.4. The molecule has 0 radical (unpaired) electrons. The van der Waals surface area contributed by atoms with Crippen LogP contribution in [0, 0.1) is 0 Å². The van der Waals surface area contributed by atoms with Gasteiger partial charge in [-0.25, -0.2) is 9.97 Å². The summed E-state index contributed by atoms with van der Waals surface area (Å²) in [6.45, 7) is 3.21. The van der Waals surface area contributed by atoms with Gasteiger partial charge in [-0.2, -0.15) is 0 Å². The highest BCUT2D eigenvalue weighted by atomic mass is 79.9. The second-order valence-corrected chi connectivity index (χ2v) is 9.70. The van der Waals surface area contributed by atoms with Crippen molar-refractivity contribution in [1.29, 1.82) is 0 Å². The van der Waals surface area contributed by atoms with Gasteiger partial charge in [0.25, 0.3) is 0 Å². The molecule has 12 heteroatoms. The zero-order chi connectivity index (χ0) is 28.6. The van der Waals surface area contributed by atoms with Gasteiger partial charge in [-0.15, -0.1) is 0 Å². The topological polar surface area (TPSA) is 127 Å². The van der Waals surface area contributed by atoms with Crippen molar-refractivity contribution >= 4 is 49.9 Å². The average molecular weight is 619 g/mol. The zero-order valence-electron chi connectivity index (χ0n) is 22.8. The number of carbonyl (C=O) groups is 1. The SMILES string of the molecule is CN(C)C/C=C/C(=O)Nc1cc2c(Nc3cccc(Br)c3)ncnc2cc1OCCOCCOCCOCCO. The summed E-state index contributed by atoms with van der Waals surface area (Å²) in [6, 6.07) is 11.3. The summed E-state index contributed by atoms with van der Waals surface area (Å²) in [5, 5.41) is 15.6. The van der Waals surface area contributed by atoms with Crippen molar-refractivity contribution < 1.29 is 28.8 Å². The van der Waals surface area contributed by atoms with E-state index in [1.807, 2.05) is 43.3 Å². The van der Waals surface area contributed by atoms with Crippen molar-refractivity contribution in [2.75, 3.05) is 84.1 Å². The number of fused-ring (bicyclic) bond motifs is 1. The van der Waals surface area contributed by atoms with Gasteiger partial charge in [0.15, 0.2) is 0 Å². The first-order valence-corrected chi connectivity index (χ1v) is 13.7. The number of aliphatic hydroxyl groups is 1. The molecular formula is C28H36BrN5O6. The van der Waals surface area contributed by atoms with E-state index >= 15 is 0 Å². The largest absolute Gasteiger partial charge is 0.489 e. The molecule has 1 aromatic heterocycles. The lowest BCUT2D eigenvalue weighted by atomic mass is 10.1. The lowest BCUT2D eigenvalue weighted by Gasteiger charge is -2.15. The van der Waals surface area contributed by atoms with Crippen molar-refractivity contribution in [3.05, 3.63) is 59.4 Å². The van der Waals surface area contributed by atoms with Crippen LogP contribution in [0.3, 0.4) is 0 Å². The number of aromatic nitrogens is 2. The van der Waals surface area contributed by atoms with Crippen LogP contribution in [0.1, 0.15) is 0 Å². The third-order valence-electron chi connectivity index (χ3n) is 5.29. The van der Waals surface area contributed by atoms with Crippen molar-refractivity contribution in [2.24, 2.45) is 0 Å². The monoisotopic (exact) mass is 617 g/mol. The standard InChI is InChI=1S/C28H36BrN5O6/c1-34(2)8-4-7-27(36)33-25-18-23-24(30-20-31-28(23)32-22-6-3-5-21(29)17-22)19-26(25)40-16-15-39-14-13-38-12-11-37-10-9-35/h3-7,17-20,35H,8-16H2,1-2H3,(H,33,36)(H,30,31,32)/b7-4+. The second kappa shape index (κ2) is 17.5. The number of ether oxygens (including phenoxy) is 4. The van der Waals surface area contributed by atoms with Crippen molar-refractivity contribution in [1.82, 2.24) is 14.9 Å². The van der Waals surface area contributed by atoms with Gasteiger partial charge in [-0.1, -0.05) is 28.1 Å². The van der Waals surface area contributed by atoms with Gasteiger partial charge in [-0.3, -0.25) is 4.79 Å². The molecule has 0 fully saturated rings. The fourth-order valence-corrected chi connectivity index (χ4v) is 3.86. The number of anilines is 3. The smallest absolute Gasteiger partial charge is 0.248 e. The molecule has 0 saturated carbocycles. The number of hydrogen-bond acceptors (Lipinski definition) is 10. The number of halogens is 1. The molecule has 2 aromatic carbocycles. The fourth-order valence-electron chi connectivity index (χ4n) is 3.47. The van der Waals surface area contributed by atoms with Crippen molar-refractivity contribution in [3.63, 3.8) is 0 Å². The summed E-state index contributed by atoms with van der Waals surface area (Å²) in [7, 11) is 3.86. The third kappa shape index (κ3) is 11.2. The van der Waals surface area contributed by atoms with E-state index in [1.165, 1.54) is 12.4 Å². The van der Waals surface area contributed by atoms with Crippen LogP contribution in [0.25, 0.3) is 10.9 Å². The van der Waals surface area contributed by atoms with Crippen LogP contribution in [0.5, 0.6) is 5.75 Å². The van der Waals surface area contributed by atoms with E-state index in [2.05, 4.69) is 36.5 Å². The molecule has 0 aliphatic heterocycles.